The Kier molecular flexibility index (Phi) is 3.61. The van der Waals surface area contributed by atoms with E-state index in [4.69, 9.17) is 10.5 Å². The van der Waals surface area contributed by atoms with E-state index in [1.54, 1.807) is 0 Å². The van der Waals surface area contributed by atoms with Crippen LogP contribution in [-0.2, 0) is 4.74 Å². The number of hydrogen-bond acceptors (Lipinski definition) is 3. The van der Waals surface area contributed by atoms with Crippen molar-refractivity contribution in [3.05, 3.63) is 18.2 Å². The van der Waals surface area contributed by atoms with Crippen molar-refractivity contribution in [2.45, 2.75) is 51.3 Å². The van der Waals surface area contributed by atoms with Crippen LogP contribution in [0.15, 0.2) is 12.5 Å². The third-order valence-corrected chi connectivity index (χ3v) is 3.37. The van der Waals surface area contributed by atoms with E-state index in [1.807, 2.05) is 12.5 Å². The van der Waals surface area contributed by atoms with Gasteiger partial charge in [-0.3, -0.25) is 0 Å². The molecule has 2 rings (SSSR count). The average molecular weight is 223 g/mol. The number of ether oxygens (including phenoxy) is 1. The van der Waals surface area contributed by atoms with E-state index in [2.05, 4.69) is 23.4 Å². The summed E-state index contributed by atoms with van der Waals surface area (Å²) < 4.78 is 7.81. The monoisotopic (exact) mass is 223 g/mol. The number of nitrogens with two attached hydrogens (primary N) is 1. The second-order valence-electron chi connectivity index (χ2n) is 4.60. The molecule has 1 aliphatic heterocycles. The minimum atomic E-state index is 0.0978. The number of imidazole rings is 1. The topological polar surface area (TPSA) is 53.1 Å². The largest absolute Gasteiger partial charge is 0.378 e. The number of aromatic nitrogens is 2. The average Bonchev–Trinajstić information content (AvgIpc) is 2.77. The zero-order valence-electron chi connectivity index (χ0n) is 10.1. The first-order chi connectivity index (χ1) is 7.72. The van der Waals surface area contributed by atoms with Gasteiger partial charge in [-0.15, -0.1) is 0 Å². The molecule has 0 aliphatic carbocycles. The zero-order chi connectivity index (χ0) is 11.5. The van der Waals surface area contributed by atoms with Crippen LogP contribution in [-0.4, -0.2) is 22.3 Å². The molecular weight excluding hydrogens is 202 g/mol. The van der Waals surface area contributed by atoms with Gasteiger partial charge in [-0.1, -0.05) is 6.92 Å². The number of hydrogen-bond donors (Lipinski definition) is 1. The minimum Gasteiger partial charge on any atom is -0.378 e. The van der Waals surface area contributed by atoms with Gasteiger partial charge in [-0.05, 0) is 26.2 Å². The lowest BCUT2D eigenvalue weighted by molar-refractivity contribution is 0.00527. The molecule has 2 heterocycles. The minimum absolute atomic E-state index is 0.0978. The molecule has 4 nitrogen and oxygen atoms in total. The molecule has 1 saturated heterocycles. The fourth-order valence-electron chi connectivity index (χ4n) is 2.34. The smallest absolute Gasteiger partial charge is 0.0951 e. The van der Waals surface area contributed by atoms with E-state index >= 15 is 0 Å². The Morgan fingerprint density at radius 3 is 3.19 bits per heavy atom. The maximum absolute atomic E-state index is 6.09. The van der Waals surface area contributed by atoms with Gasteiger partial charge in [0.25, 0.3) is 0 Å². The molecule has 0 saturated carbocycles. The van der Waals surface area contributed by atoms with Gasteiger partial charge in [0.2, 0.25) is 0 Å². The summed E-state index contributed by atoms with van der Waals surface area (Å²) in [6.45, 7) is 5.07. The Morgan fingerprint density at radius 2 is 2.50 bits per heavy atom. The molecule has 1 fully saturated rings. The second-order valence-corrected chi connectivity index (χ2v) is 4.60. The molecule has 0 amide bonds. The molecule has 90 valence electrons. The first kappa shape index (κ1) is 11.6. The Morgan fingerprint density at radius 1 is 1.69 bits per heavy atom. The standard InChI is InChI=1S/C12H21N3O/c1-3-11(13)12-7-14-8-15(12)10-4-5-16-9(2)6-10/h7-11H,3-6,13H2,1-2H3/t9?,10?,11-/m1/s1. The molecule has 2 unspecified atom stereocenters. The summed E-state index contributed by atoms with van der Waals surface area (Å²) in [4.78, 5) is 4.23. The SMILES string of the molecule is CC[C@@H](N)c1cncn1C1CCOC(C)C1. The third kappa shape index (κ3) is 2.28. The summed E-state index contributed by atoms with van der Waals surface area (Å²) in [6.07, 6.45) is 7.21. The van der Waals surface area contributed by atoms with Crippen molar-refractivity contribution in [1.82, 2.24) is 9.55 Å². The highest BCUT2D eigenvalue weighted by atomic mass is 16.5. The summed E-state index contributed by atoms with van der Waals surface area (Å²) in [5, 5.41) is 0. The van der Waals surface area contributed by atoms with Crippen molar-refractivity contribution < 1.29 is 4.74 Å². The molecule has 2 N–H and O–H groups in total. The quantitative estimate of drug-likeness (QED) is 0.853. The maximum atomic E-state index is 6.09. The van der Waals surface area contributed by atoms with Crippen molar-refractivity contribution in [3.63, 3.8) is 0 Å². The van der Waals surface area contributed by atoms with Gasteiger partial charge in [0.1, 0.15) is 0 Å². The van der Waals surface area contributed by atoms with Crippen molar-refractivity contribution in [2.24, 2.45) is 5.73 Å². The summed E-state index contributed by atoms with van der Waals surface area (Å²) in [5.74, 6) is 0. The van der Waals surface area contributed by atoms with Gasteiger partial charge in [0.15, 0.2) is 0 Å². The van der Waals surface area contributed by atoms with Crippen LogP contribution in [0.2, 0.25) is 0 Å². The maximum Gasteiger partial charge on any atom is 0.0951 e. The summed E-state index contributed by atoms with van der Waals surface area (Å²) >= 11 is 0. The number of rotatable bonds is 3. The van der Waals surface area contributed by atoms with E-state index in [0.717, 1.165) is 31.6 Å². The summed E-state index contributed by atoms with van der Waals surface area (Å²) in [6, 6.07) is 0.597. The van der Waals surface area contributed by atoms with Crippen LogP contribution in [0, 0.1) is 0 Å². The van der Waals surface area contributed by atoms with E-state index in [9.17, 15) is 0 Å². The van der Waals surface area contributed by atoms with E-state index in [1.165, 1.54) is 0 Å². The predicted molar refractivity (Wildman–Crippen MR) is 63.1 cm³/mol. The van der Waals surface area contributed by atoms with Crippen LogP contribution < -0.4 is 5.73 Å². The van der Waals surface area contributed by atoms with Crippen LogP contribution in [0.1, 0.15) is 50.9 Å². The molecule has 3 atom stereocenters. The molecule has 0 aromatic carbocycles. The van der Waals surface area contributed by atoms with Crippen LogP contribution in [0.25, 0.3) is 0 Å². The highest BCUT2D eigenvalue weighted by Gasteiger charge is 2.23. The fourth-order valence-corrected chi connectivity index (χ4v) is 2.34. The normalized spacial score (nSPS) is 27.9. The first-order valence-electron chi connectivity index (χ1n) is 6.11. The Balaban J connectivity index is 2.16. The van der Waals surface area contributed by atoms with Crippen molar-refractivity contribution in [1.29, 1.82) is 0 Å². The Bertz CT molecular complexity index is 337. The van der Waals surface area contributed by atoms with Gasteiger partial charge in [0.05, 0.1) is 18.1 Å². The van der Waals surface area contributed by atoms with Crippen LogP contribution >= 0.6 is 0 Å². The molecule has 0 radical (unpaired) electrons. The predicted octanol–water partition coefficient (Wildman–Crippen LogP) is 2.03. The van der Waals surface area contributed by atoms with Gasteiger partial charge >= 0.3 is 0 Å². The van der Waals surface area contributed by atoms with Crippen molar-refractivity contribution in [2.75, 3.05) is 6.61 Å². The lowest BCUT2D eigenvalue weighted by Gasteiger charge is -2.30. The molecule has 16 heavy (non-hydrogen) atoms. The van der Waals surface area contributed by atoms with E-state index in [0.29, 0.717) is 12.1 Å². The van der Waals surface area contributed by atoms with Crippen LogP contribution in [0.4, 0.5) is 0 Å². The molecule has 1 aromatic heterocycles. The summed E-state index contributed by atoms with van der Waals surface area (Å²) in [5.41, 5.74) is 7.24. The van der Waals surface area contributed by atoms with Crippen LogP contribution in [0.5, 0.6) is 0 Å². The lowest BCUT2D eigenvalue weighted by Crippen LogP contribution is -2.27. The van der Waals surface area contributed by atoms with Gasteiger partial charge < -0.3 is 15.0 Å². The highest BCUT2D eigenvalue weighted by Crippen LogP contribution is 2.28. The molecule has 0 spiro atoms. The molecule has 4 heteroatoms. The lowest BCUT2D eigenvalue weighted by atomic mass is 10.0. The van der Waals surface area contributed by atoms with E-state index in [-0.39, 0.29) is 6.04 Å². The molecular formula is C12H21N3O. The van der Waals surface area contributed by atoms with Crippen molar-refractivity contribution in [3.8, 4) is 0 Å². The third-order valence-electron chi connectivity index (χ3n) is 3.37. The second kappa shape index (κ2) is 4.97. The molecule has 1 aliphatic rings. The van der Waals surface area contributed by atoms with Gasteiger partial charge in [-0.2, -0.15) is 0 Å². The van der Waals surface area contributed by atoms with Gasteiger partial charge in [0, 0.05) is 24.9 Å². The van der Waals surface area contributed by atoms with E-state index < -0.39 is 0 Å². The summed E-state index contributed by atoms with van der Waals surface area (Å²) in [7, 11) is 0. The Labute approximate surface area is 96.8 Å². The number of nitrogens with zero attached hydrogens (tertiary/aromatic N) is 2. The fraction of sp³-hybridized carbons (Fsp3) is 0.750. The molecule has 0 bridgehead atoms. The zero-order valence-corrected chi connectivity index (χ0v) is 10.1. The Hall–Kier alpha value is -0.870. The first-order valence-corrected chi connectivity index (χ1v) is 6.11. The van der Waals surface area contributed by atoms with Crippen LogP contribution in [0.3, 0.4) is 0 Å². The van der Waals surface area contributed by atoms with Gasteiger partial charge in [-0.25, -0.2) is 4.98 Å². The highest BCUT2D eigenvalue weighted by molar-refractivity contribution is 5.06. The van der Waals surface area contributed by atoms with Crippen molar-refractivity contribution >= 4 is 0 Å². The molecule has 1 aromatic rings.